The van der Waals surface area contributed by atoms with Crippen molar-refractivity contribution in [3.8, 4) is 11.5 Å². The molecule has 1 aromatic carbocycles. The molecule has 0 aliphatic carbocycles. The molecule has 2 atom stereocenters. The zero-order valence-electron chi connectivity index (χ0n) is 23.6. The van der Waals surface area contributed by atoms with E-state index >= 15 is 0 Å². The number of aliphatic hydroxyl groups excluding tert-OH is 1. The van der Waals surface area contributed by atoms with Crippen molar-refractivity contribution in [2.75, 3.05) is 83.1 Å². The maximum absolute atomic E-state index is 13.9. The van der Waals surface area contributed by atoms with Crippen molar-refractivity contribution in [1.82, 2.24) is 19.8 Å². The first-order valence-electron chi connectivity index (χ1n) is 14.4. The molecule has 0 unspecified atom stereocenters. The maximum atomic E-state index is 13.9. The van der Waals surface area contributed by atoms with Gasteiger partial charge in [-0.2, -0.15) is 4.98 Å². The molecule has 5 rings (SSSR count). The van der Waals surface area contributed by atoms with Gasteiger partial charge >= 0.3 is 0 Å². The Balaban J connectivity index is 1.38. The lowest BCUT2D eigenvalue weighted by molar-refractivity contribution is -0.0754. The molecule has 1 aromatic heterocycles. The average Bonchev–Trinajstić information content (AvgIpc) is 3.48. The number of ether oxygens (including phenoxy) is 3. The fraction of sp³-hybridized carbons (Fsp3) is 0.714. The number of alkyl halides is 2. The van der Waals surface area contributed by atoms with Crippen LogP contribution in [0.1, 0.15) is 39.0 Å². The quantitative estimate of drug-likeness (QED) is 0.396. The van der Waals surface area contributed by atoms with Gasteiger partial charge in [0.15, 0.2) is 11.5 Å². The van der Waals surface area contributed by atoms with E-state index in [0.717, 1.165) is 31.4 Å². The minimum absolute atomic E-state index is 0.0403. The monoisotopic (exact) mass is 564 g/mol. The average molecular weight is 565 g/mol. The van der Waals surface area contributed by atoms with Gasteiger partial charge < -0.3 is 34.4 Å². The largest absolute Gasteiger partial charge is 0.493 e. The lowest BCUT2D eigenvalue weighted by Crippen LogP contribution is -2.51. The molecule has 12 heteroatoms. The molecule has 0 spiro atoms. The Morgan fingerprint density at radius 1 is 1.12 bits per heavy atom. The third-order valence-electron chi connectivity index (χ3n) is 8.11. The van der Waals surface area contributed by atoms with Crippen LogP contribution in [0.4, 0.5) is 20.5 Å². The molecule has 3 saturated heterocycles. The minimum Gasteiger partial charge on any atom is -0.493 e. The number of halogens is 2. The number of morpholine rings is 1. The van der Waals surface area contributed by atoms with E-state index in [9.17, 15) is 13.9 Å². The number of methoxy groups -OCH3 is 1. The van der Waals surface area contributed by atoms with Gasteiger partial charge in [0.05, 0.1) is 45.2 Å². The number of piperidine rings is 1. The SMILES string of the molecule is COc1cc2c(NCN3C[C@H](CO)OC[C@H]3C)nc(N3CCC(F)(F)CC3)nc2cc1OCCCN1CCCC1. The number of hydrogen-bond acceptors (Lipinski definition) is 10. The molecule has 10 nitrogen and oxygen atoms in total. The molecule has 40 heavy (non-hydrogen) atoms. The van der Waals surface area contributed by atoms with Crippen LogP contribution in [0.3, 0.4) is 0 Å². The first-order chi connectivity index (χ1) is 19.3. The maximum Gasteiger partial charge on any atom is 0.251 e. The fourth-order valence-corrected chi connectivity index (χ4v) is 5.57. The number of likely N-dealkylation sites (tertiary alicyclic amines) is 1. The highest BCUT2D eigenvalue weighted by Gasteiger charge is 2.35. The number of anilines is 2. The number of nitrogens with zero attached hydrogens (tertiary/aromatic N) is 5. The summed E-state index contributed by atoms with van der Waals surface area (Å²) >= 11 is 0. The van der Waals surface area contributed by atoms with Gasteiger partial charge in [0.25, 0.3) is 5.92 Å². The first kappa shape index (κ1) is 29.0. The number of rotatable bonds is 11. The van der Waals surface area contributed by atoms with Crippen LogP contribution in [0.5, 0.6) is 11.5 Å². The van der Waals surface area contributed by atoms with Crippen molar-refractivity contribution in [1.29, 1.82) is 0 Å². The molecule has 0 amide bonds. The molecule has 3 aliphatic rings. The van der Waals surface area contributed by atoms with E-state index in [-0.39, 0.29) is 44.7 Å². The predicted molar refractivity (Wildman–Crippen MR) is 150 cm³/mol. The van der Waals surface area contributed by atoms with Crippen molar-refractivity contribution >= 4 is 22.7 Å². The van der Waals surface area contributed by atoms with Crippen LogP contribution in [-0.2, 0) is 4.74 Å². The minimum atomic E-state index is -2.66. The topological polar surface area (TPSA) is 95.5 Å². The summed E-state index contributed by atoms with van der Waals surface area (Å²) in [5.74, 6) is -0.460. The molecule has 4 heterocycles. The lowest BCUT2D eigenvalue weighted by Gasteiger charge is -2.37. The van der Waals surface area contributed by atoms with Crippen molar-refractivity contribution in [2.24, 2.45) is 0 Å². The zero-order chi connectivity index (χ0) is 28.1. The highest BCUT2D eigenvalue weighted by atomic mass is 19.3. The van der Waals surface area contributed by atoms with Crippen molar-refractivity contribution < 1.29 is 28.1 Å². The van der Waals surface area contributed by atoms with E-state index in [1.54, 1.807) is 7.11 Å². The molecule has 2 N–H and O–H groups in total. The number of hydrogen-bond donors (Lipinski definition) is 2. The summed E-state index contributed by atoms with van der Waals surface area (Å²) in [6.45, 7) is 7.86. The second-order valence-corrected chi connectivity index (χ2v) is 11.1. The van der Waals surface area contributed by atoms with Crippen LogP contribution >= 0.6 is 0 Å². The Morgan fingerprint density at radius 3 is 2.62 bits per heavy atom. The van der Waals surface area contributed by atoms with E-state index in [4.69, 9.17) is 24.2 Å². The molecular weight excluding hydrogens is 522 g/mol. The van der Waals surface area contributed by atoms with Gasteiger partial charge in [-0.3, -0.25) is 4.90 Å². The van der Waals surface area contributed by atoms with Crippen LogP contribution in [0.2, 0.25) is 0 Å². The second-order valence-electron chi connectivity index (χ2n) is 11.1. The number of aromatic nitrogens is 2. The molecule has 3 aliphatic heterocycles. The molecule has 0 radical (unpaired) electrons. The summed E-state index contributed by atoms with van der Waals surface area (Å²) in [5, 5.41) is 13.8. The smallest absolute Gasteiger partial charge is 0.251 e. The van der Waals surface area contributed by atoms with E-state index in [0.29, 0.717) is 55.2 Å². The lowest BCUT2D eigenvalue weighted by atomic mass is 10.1. The van der Waals surface area contributed by atoms with Gasteiger partial charge in [-0.05, 0) is 45.3 Å². The number of aliphatic hydroxyl groups is 1. The normalized spacial score (nSPS) is 24.0. The van der Waals surface area contributed by atoms with E-state index in [1.807, 2.05) is 17.0 Å². The predicted octanol–water partition coefficient (Wildman–Crippen LogP) is 3.19. The second kappa shape index (κ2) is 13.0. The standard InChI is InChI=1S/C28H42F2N6O4/c1-20-18-40-21(17-37)16-36(20)19-31-26-22-14-24(38-2)25(39-13-5-10-34-8-3-4-9-34)15-23(22)32-27(33-26)35-11-6-28(29,30)7-12-35/h14-15,20-21,37H,3-13,16-19H2,1-2H3,(H,31,32,33)/t20-,21-/m1/s1. The van der Waals surface area contributed by atoms with Crippen molar-refractivity contribution in [3.05, 3.63) is 12.1 Å². The van der Waals surface area contributed by atoms with Crippen LogP contribution in [0, 0.1) is 0 Å². The Morgan fingerprint density at radius 2 is 1.90 bits per heavy atom. The summed E-state index contributed by atoms with van der Waals surface area (Å²) < 4.78 is 45.3. The van der Waals surface area contributed by atoms with E-state index in [2.05, 4.69) is 22.0 Å². The third kappa shape index (κ3) is 7.02. The van der Waals surface area contributed by atoms with Gasteiger partial charge in [0, 0.05) is 56.5 Å². The first-order valence-corrected chi connectivity index (χ1v) is 14.4. The Hall–Kier alpha value is -2.54. The van der Waals surface area contributed by atoms with Gasteiger partial charge in [-0.15, -0.1) is 0 Å². The zero-order valence-corrected chi connectivity index (χ0v) is 23.6. The van der Waals surface area contributed by atoms with Gasteiger partial charge in [0.2, 0.25) is 5.95 Å². The molecular formula is C28H42F2N6O4. The van der Waals surface area contributed by atoms with Crippen LogP contribution in [0.15, 0.2) is 12.1 Å². The summed E-state index contributed by atoms with van der Waals surface area (Å²) in [7, 11) is 1.61. The van der Waals surface area contributed by atoms with Crippen LogP contribution < -0.4 is 19.7 Å². The summed E-state index contributed by atoms with van der Waals surface area (Å²) in [6, 6.07) is 3.89. The van der Waals surface area contributed by atoms with E-state index in [1.165, 1.54) is 12.8 Å². The fourth-order valence-electron chi connectivity index (χ4n) is 5.57. The van der Waals surface area contributed by atoms with E-state index < -0.39 is 5.92 Å². The Bertz CT molecular complexity index is 1130. The Kier molecular flexibility index (Phi) is 9.39. The third-order valence-corrected chi connectivity index (χ3v) is 8.11. The summed E-state index contributed by atoms with van der Waals surface area (Å²) in [5.41, 5.74) is 0.656. The molecule has 2 aromatic rings. The molecule has 0 bridgehead atoms. The highest BCUT2D eigenvalue weighted by molar-refractivity contribution is 5.92. The van der Waals surface area contributed by atoms with Crippen molar-refractivity contribution in [2.45, 2.75) is 57.1 Å². The summed E-state index contributed by atoms with van der Waals surface area (Å²) in [6.07, 6.45) is 2.75. The molecule has 222 valence electrons. The van der Waals surface area contributed by atoms with Crippen LogP contribution in [-0.4, -0.2) is 116 Å². The van der Waals surface area contributed by atoms with Gasteiger partial charge in [-0.25, -0.2) is 13.8 Å². The Labute approximate surface area is 234 Å². The van der Waals surface area contributed by atoms with Crippen LogP contribution in [0.25, 0.3) is 10.9 Å². The summed E-state index contributed by atoms with van der Waals surface area (Å²) in [4.78, 5) is 16.1. The van der Waals surface area contributed by atoms with Gasteiger partial charge in [-0.1, -0.05) is 0 Å². The number of benzene rings is 1. The van der Waals surface area contributed by atoms with Crippen molar-refractivity contribution in [3.63, 3.8) is 0 Å². The number of fused-ring (bicyclic) bond motifs is 1. The van der Waals surface area contributed by atoms with Gasteiger partial charge in [0.1, 0.15) is 5.82 Å². The molecule has 0 saturated carbocycles. The molecule has 3 fully saturated rings. The number of nitrogens with one attached hydrogen (secondary N) is 1. The highest BCUT2D eigenvalue weighted by Crippen LogP contribution is 2.36.